The van der Waals surface area contributed by atoms with Gasteiger partial charge in [0.15, 0.2) is 5.78 Å². The molecule has 1 aromatic carbocycles. The number of ketones is 1. The highest BCUT2D eigenvalue weighted by Gasteiger charge is 2.44. The van der Waals surface area contributed by atoms with Gasteiger partial charge in [0.05, 0.1) is 12.5 Å². The van der Waals surface area contributed by atoms with Crippen molar-refractivity contribution in [2.75, 3.05) is 7.11 Å². The normalized spacial score (nSPS) is 16.2. The Morgan fingerprint density at radius 1 is 1.28 bits per heavy atom. The first-order valence-corrected chi connectivity index (χ1v) is 5.76. The van der Waals surface area contributed by atoms with Gasteiger partial charge in [-0.15, -0.1) is 0 Å². The van der Waals surface area contributed by atoms with E-state index in [0.717, 1.165) is 5.56 Å². The summed E-state index contributed by atoms with van der Waals surface area (Å²) in [6, 6.07) is 5.22. The molecule has 0 amide bonds. The molecule has 0 N–H and O–H groups in total. The maximum Gasteiger partial charge on any atom is 0.170 e. The monoisotopic (exact) mass is 246 g/mol. The van der Waals surface area contributed by atoms with Crippen molar-refractivity contribution >= 4 is 18.4 Å². The first-order chi connectivity index (χ1) is 8.66. The summed E-state index contributed by atoms with van der Waals surface area (Å²) in [7, 11) is 1.56. The second kappa shape index (κ2) is 4.72. The summed E-state index contributed by atoms with van der Waals surface area (Å²) < 4.78 is 5.11. The van der Waals surface area contributed by atoms with Gasteiger partial charge in [-0.2, -0.15) is 0 Å². The molecule has 2 rings (SSSR count). The standard InChI is InChI=1S/C14H14O4/c1-18-11-2-3-12-10(8-11)9-14(4-6-15,5-7-16)13(12)17/h2-3,6-8H,4-5,9H2,1H3. The maximum absolute atomic E-state index is 12.3. The number of Topliss-reactive ketones (excluding diaryl/α,β-unsaturated/α-hetero) is 1. The van der Waals surface area contributed by atoms with Gasteiger partial charge in [0.2, 0.25) is 0 Å². The van der Waals surface area contributed by atoms with E-state index in [1.165, 1.54) is 0 Å². The van der Waals surface area contributed by atoms with Crippen LogP contribution in [-0.2, 0) is 16.0 Å². The Morgan fingerprint density at radius 2 is 1.94 bits per heavy atom. The Hall–Kier alpha value is -1.97. The molecule has 1 aliphatic carbocycles. The molecule has 0 atom stereocenters. The lowest BCUT2D eigenvalue weighted by atomic mass is 9.78. The van der Waals surface area contributed by atoms with Crippen molar-refractivity contribution in [1.82, 2.24) is 0 Å². The van der Waals surface area contributed by atoms with Gasteiger partial charge >= 0.3 is 0 Å². The summed E-state index contributed by atoms with van der Waals surface area (Å²) >= 11 is 0. The largest absolute Gasteiger partial charge is 0.497 e. The van der Waals surface area contributed by atoms with Crippen LogP contribution >= 0.6 is 0 Å². The molecule has 0 saturated heterocycles. The van der Waals surface area contributed by atoms with Crippen LogP contribution in [0.4, 0.5) is 0 Å². The van der Waals surface area contributed by atoms with Gasteiger partial charge in [-0.25, -0.2) is 0 Å². The van der Waals surface area contributed by atoms with Crippen LogP contribution in [0, 0.1) is 5.41 Å². The summed E-state index contributed by atoms with van der Waals surface area (Å²) in [6.07, 6.45) is 2.02. The van der Waals surface area contributed by atoms with Crippen molar-refractivity contribution in [2.45, 2.75) is 19.3 Å². The summed E-state index contributed by atoms with van der Waals surface area (Å²) in [4.78, 5) is 33.9. The van der Waals surface area contributed by atoms with Crippen molar-refractivity contribution in [2.24, 2.45) is 5.41 Å². The first-order valence-electron chi connectivity index (χ1n) is 5.76. The number of benzene rings is 1. The summed E-state index contributed by atoms with van der Waals surface area (Å²) in [5.41, 5.74) is 0.570. The summed E-state index contributed by atoms with van der Waals surface area (Å²) in [6.45, 7) is 0. The van der Waals surface area contributed by atoms with E-state index in [1.807, 2.05) is 0 Å². The number of methoxy groups -OCH3 is 1. The van der Waals surface area contributed by atoms with Crippen LogP contribution in [0.5, 0.6) is 5.75 Å². The molecule has 18 heavy (non-hydrogen) atoms. The minimum atomic E-state index is -0.877. The zero-order valence-electron chi connectivity index (χ0n) is 10.1. The van der Waals surface area contributed by atoms with E-state index in [-0.39, 0.29) is 18.6 Å². The molecule has 0 heterocycles. The fourth-order valence-electron chi connectivity index (χ4n) is 2.53. The SMILES string of the molecule is COc1ccc2c(c1)CC(CC=O)(CC=O)C2=O. The Morgan fingerprint density at radius 3 is 2.50 bits per heavy atom. The third-order valence-corrected chi connectivity index (χ3v) is 3.52. The van der Waals surface area contributed by atoms with E-state index < -0.39 is 5.41 Å². The highest BCUT2D eigenvalue weighted by molar-refractivity contribution is 6.06. The van der Waals surface area contributed by atoms with E-state index in [4.69, 9.17) is 4.74 Å². The number of ether oxygens (including phenoxy) is 1. The average molecular weight is 246 g/mol. The third kappa shape index (κ3) is 1.83. The molecule has 4 heteroatoms. The van der Waals surface area contributed by atoms with E-state index >= 15 is 0 Å². The molecule has 1 aliphatic rings. The number of carbonyl (C=O) groups is 3. The molecular formula is C14H14O4. The van der Waals surface area contributed by atoms with Crippen molar-refractivity contribution in [3.05, 3.63) is 29.3 Å². The molecule has 0 saturated carbocycles. The molecule has 0 radical (unpaired) electrons. The molecule has 1 aromatic rings. The highest BCUT2D eigenvalue weighted by atomic mass is 16.5. The second-order valence-electron chi connectivity index (χ2n) is 4.55. The first kappa shape index (κ1) is 12.5. The smallest absolute Gasteiger partial charge is 0.170 e. The predicted molar refractivity (Wildman–Crippen MR) is 64.8 cm³/mol. The van der Waals surface area contributed by atoms with Gasteiger partial charge in [-0.05, 0) is 30.2 Å². The van der Waals surface area contributed by atoms with Gasteiger partial charge in [0, 0.05) is 18.4 Å². The lowest BCUT2D eigenvalue weighted by Gasteiger charge is -2.21. The van der Waals surface area contributed by atoms with Crippen molar-refractivity contribution in [3.63, 3.8) is 0 Å². The van der Waals surface area contributed by atoms with Crippen LogP contribution in [0.1, 0.15) is 28.8 Å². The molecular weight excluding hydrogens is 232 g/mol. The second-order valence-corrected chi connectivity index (χ2v) is 4.55. The number of aldehydes is 2. The van der Waals surface area contributed by atoms with Gasteiger partial charge in [0.1, 0.15) is 18.3 Å². The Balaban J connectivity index is 2.43. The van der Waals surface area contributed by atoms with E-state index in [2.05, 4.69) is 0 Å². The third-order valence-electron chi connectivity index (χ3n) is 3.52. The Labute approximate surface area is 105 Å². The molecule has 0 aromatic heterocycles. The fraction of sp³-hybridized carbons (Fsp3) is 0.357. The van der Waals surface area contributed by atoms with E-state index in [0.29, 0.717) is 30.3 Å². The van der Waals surface area contributed by atoms with Gasteiger partial charge in [0.25, 0.3) is 0 Å². The summed E-state index contributed by atoms with van der Waals surface area (Å²) in [5.74, 6) is 0.564. The van der Waals surface area contributed by atoms with Gasteiger partial charge < -0.3 is 14.3 Å². The molecule has 4 nitrogen and oxygen atoms in total. The molecule has 0 bridgehead atoms. The number of carbonyl (C=O) groups excluding carboxylic acids is 3. The lowest BCUT2D eigenvalue weighted by Crippen LogP contribution is -2.29. The van der Waals surface area contributed by atoms with E-state index in [9.17, 15) is 14.4 Å². The number of rotatable bonds is 5. The Kier molecular flexibility index (Phi) is 3.28. The van der Waals surface area contributed by atoms with Crippen LogP contribution < -0.4 is 4.74 Å². The Bertz CT molecular complexity index is 495. The van der Waals surface area contributed by atoms with Crippen LogP contribution in [0.15, 0.2) is 18.2 Å². The maximum atomic E-state index is 12.3. The summed E-state index contributed by atoms with van der Waals surface area (Å²) in [5, 5.41) is 0. The molecule has 0 spiro atoms. The number of hydrogen-bond donors (Lipinski definition) is 0. The highest BCUT2D eigenvalue weighted by Crippen LogP contribution is 2.42. The van der Waals surface area contributed by atoms with Crippen molar-refractivity contribution in [1.29, 1.82) is 0 Å². The molecule has 94 valence electrons. The molecule has 0 fully saturated rings. The topological polar surface area (TPSA) is 60.4 Å². The minimum absolute atomic E-state index is 0.0849. The van der Waals surface area contributed by atoms with Crippen LogP contribution in [0.2, 0.25) is 0 Å². The van der Waals surface area contributed by atoms with Crippen molar-refractivity contribution < 1.29 is 19.1 Å². The van der Waals surface area contributed by atoms with Crippen LogP contribution in [0.25, 0.3) is 0 Å². The number of fused-ring (bicyclic) bond motifs is 1. The minimum Gasteiger partial charge on any atom is -0.497 e. The molecule has 0 aliphatic heterocycles. The predicted octanol–water partition coefficient (Wildman–Crippen LogP) is 1.60. The van der Waals surface area contributed by atoms with Crippen molar-refractivity contribution in [3.8, 4) is 5.75 Å². The number of hydrogen-bond acceptors (Lipinski definition) is 4. The fourth-order valence-corrected chi connectivity index (χ4v) is 2.53. The average Bonchev–Trinajstić information content (AvgIpc) is 2.63. The quantitative estimate of drug-likeness (QED) is 0.740. The van der Waals surface area contributed by atoms with Crippen LogP contribution in [-0.4, -0.2) is 25.5 Å². The zero-order chi connectivity index (χ0) is 13.2. The van der Waals surface area contributed by atoms with Crippen LogP contribution in [0.3, 0.4) is 0 Å². The zero-order valence-corrected chi connectivity index (χ0v) is 10.1. The molecule has 0 unspecified atom stereocenters. The van der Waals surface area contributed by atoms with Gasteiger partial charge in [-0.1, -0.05) is 0 Å². The van der Waals surface area contributed by atoms with Gasteiger partial charge in [-0.3, -0.25) is 4.79 Å². The lowest BCUT2D eigenvalue weighted by molar-refractivity contribution is -0.111. The van der Waals surface area contributed by atoms with E-state index in [1.54, 1.807) is 25.3 Å².